The second-order valence-electron chi connectivity index (χ2n) is 6.29. The molecule has 0 spiro atoms. The number of hydrogen-bond donors (Lipinski definition) is 0. The molecule has 1 fully saturated rings. The Hall–Kier alpha value is -3.21. The summed E-state index contributed by atoms with van der Waals surface area (Å²) in [5, 5.41) is 0.694. The summed E-state index contributed by atoms with van der Waals surface area (Å²) in [5.41, 5.74) is 3.84. The van der Waals surface area contributed by atoms with Gasteiger partial charge in [0.15, 0.2) is 0 Å². The number of ether oxygens (including phenoxy) is 2. The quantitative estimate of drug-likeness (QED) is 0.676. The minimum absolute atomic E-state index is 0.280. The Bertz CT molecular complexity index is 995. The number of nitrogens with zero attached hydrogens (tertiary/aromatic N) is 1. The predicted octanol–water partition coefficient (Wildman–Crippen LogP) is 3.68. The number of aromatic nitrogens is 1. The largest absolute Gasteiger partial charge is 0.463 e. The molecular formula is C21H17NO4. The lowest BCUT2D eigenvalue weighted by Crippen LogP contribution is -2.23. The summed E-state index contributed by atoms with van der Waals surface area (Å²) in [6.45, 7) is 2.30. The monoisotopic (exact) mass is 347 g/mol. The Morgan fingerprint density at radius 3 is 2.65 bits per heavy atom. The third-order valence-electron chi connectivity index (χ3n) is 4.42. The maximum atomic E-state index is 12.7. The van der Waals surface area contributed by atoms with Crippen LogP contribution in [0.5, 0.6) is 0 Å². The molecule has 4 rings (SSSR count). The highest BCUT2D eigenvalue weighted by atomic mass is 16.6. The first-order valence-electron chi connectivity index (χ1n) is 8.46. The van der Waals surface area contributed by atoms with E-state index in [0.717, 1.165) is 11.1 Å². The Morgan fingerprint density at radius 2 is 1.92 bits per heavy atom. The minimum Gasteiger partial charge on any atom is -0.463 e. The third-order valence-corrected chi connectivity index (χ3v) is 4.42. The molecule has 0 N–H and O–H groups in total. The molecule has 0 radical (unpaired) electrons. The van der Waals surface area contributed by atoms with Gasteiger partial charge in [-0.05, 0) is 19.1 Å². The van der Waals surface area contributed by atoms with Gasteiger partial charge in [0.2, 0.25) is 6.10 Å². The van der Waals surface area contributed by atoms with E-state index in [-0.39, 0.29) is 6.61 Å². The van der Waals surface area contributed by atoms with Crippen molar-refractivity contribution in [2.45, 2.75) is 19.4 Å². The lowest BCUT2D eigenvalue weighted by molar-refractivity contribution is -0.145. The fourth-order valence-corrected chi connectivity index (χ4v) is 2.99. The van der Waals surface area contributed by atoms with E-state index in [1.165, 1.54) is 0 Å². The summed E-state index contributed by atoms with van der Waals surface area (Å²) in [7, 11) is 0. The van der Waals surface area contributed by atoms with Gasteiger partial charge in [0.05, 0.1) is 23.4 Å². The molecule has 1 atom stereocenters. The predicted molar refractivity (Wildman–Crippen MR) is 96.7 cm³/mol. The second-order valence-corrected chi connectivity index (χ2v) is 6.29. The number of rotatable bonds is 3. The zero-order valence-corrected chi connectivity index (χ0v) is 14.3. The van der Waals surface area contributed by atoms with Crippen LogP contribution in [-0.2, 0) is 14.3 Å². The normalized spacial score (nSPS) is 16.5. The number of benzene rings is 2. The van der Waals surface area contributed by atoms with Crippen LogP contribution in [0.4, 0.5) is 0 Å². The van der Waals surface area contributed by atoms with Crippen molar-refractivity contribution in [2.24, 2.45) is 0 Å². The van der Waals surface area contributed by atoms with Crippen LogP contribution in [0.15, 0.2) is 54.6 Å². The Morgan fingerprint density at radius 1 is 1.15 bits per heavy atom. The summed E-state index contributed by atoms with van der Waals surface area (Å²) < 4.78 is 10.3. The van der Waals surface area contributed by atoms with Crippen molar-refractivity contribution in [3.05, 3.63) is 65.7 Å². The van der Waals surface area contributed by atoms with Crippen molar-refractivity contribution in [3.8, 4) is 11.3 Å². The molecule has 1 aliphatic rings. The molecule has 2 aromatic carbocycles. The number of para-hydroxylation sites is 1. The maximum absolute atomic E-state index is 12.7. The van der Waals surface area contributed by atoms with Crippen LogP contribution in [0.3, 0.4) is 0 Å². The van der Waals surface area contributed by atoms with Gasteiger partial charge in [0.25, 0.3) is 0 Å². The van der Waals surface area contributed by atoms with Gasteiger partial charge in [0, 0.05) is 17.4 Å². The SMILES string of the molecule is Cc1ccc(-c2cc(C(=O)O[C@@H]3CCOC3=O)c3ccccc3n2)cc1. The number of cyclic esters (lactones) is 1. The van der Waals surface area contributed by atoms with Gasteiger partial charge in [-0.3, -0.25) is 0 Å². The Kier molecular flexibility index (Phi) is 4.13. The van der Waals surface area contributed by atoms with Crippen molar-refractivity contribution in [2.75, 3.05) is 6.61 Å². The molecule has 0 unspecified atom stereocenters. The average molecular weight is 347 g/mol. The van der Waals surface area contributed by atoms with E-state index in [1.54, 1.807) is 6.07 Å². The van der Waals surface area contributed by atoms with Crippen molar-refractivity contribution < 1.29 is 19.1 Å². The van der Waals surface area contributed by atoms with E-state index in [2.05, 4.69) is 4.98 Å². The molecule has 0 bridgehead atoms. The molecule has 0 amide bonds. The van der Waals surface area contributed by atoms with E-state index in [1.807, 2.05) is 55.5 Å². The zero-order chi connectivity index (χ0) is 18.1. The molecular weight excluding hydrogens is 330 g/mol. The van der Waals surface area contributed by atoms with Crippen LogP contribution in [0.1, 0.15) is 22.3 Å². The summed E-state index contributed by atoms with van der Waals surface area (Å²) >= 11 is 0. The first-order chi connectivity index (χ1) is 12.6. The number of carbonyl (C=O) groups is 2. The van der Waals surface area contributed by atoms with E-state index < -0.39 is 18.0 Å². The summed E-state index contributed by atoms with van der Waals surface area (Å²) in [5.74, 6) is -1.03. The number of aryl methyl sites for hydroxylation is 1. The van der Waals surface area contributed by atoms with Crippen molar-refractivity contribution >= 4 is 22.8 Å². The highest BCUT2D eigenvalue weighted by Crippen LogP contribution is 2.26. The lowest BCUT2D eigenvalue weighted by Gasteiger charge is -2.12. The Labute approximate surface area is 150 Å². The van der Waals surface area contributed by atoms with E-state index in [4.69, 9.17) is 9.47 Å². The topological polar surface area (TPSA) is 65.5 Å². The maximum Gasteiger partial charge on any atom is 0.347 e. The summed E-state index contributed by atoms with van der Waals surface area (Å²) in [4.78, 5) is 29.0. The molecule has 0 saturated carbocycles. The fourth-order valence-electron chi connectivity index (χ4n) is 2.99. The zero-order valence-electron chi connectivity index (χ0n) is 14.3. The van der Waals surface area contributed by atoms with Crippen LogP contribution < -0.4 is 0 Å². The number of fused-ring (bicyclic) bond motifs is 1. The molecule has 2 heterocycles. The van der Waals surface area contributed by atoms with Crippen LogP contribution >= 0.6 is 0 Å². The first kappa shape index (κ1) is 16.3. The molecule has 1 saturated heterocycles. The number of pyridine rings is 1. The molecule has 5 heteroatoms. The Balaban J connectivity index is 1.78. The van der Waals surface area contributed by atoms with E-state index in [9.17, 15) is 9.59 Å². The molecule has 5 nitrogen and oxygen atoms in total. The van der Waals surface area contributed by atoms with E-state index in [0.29, 0.717) is 28.6 Å². The fraction of sp³-hybridized carbons (Fsp3) is 0.190. The van der Waals surface area contributed by atoms with Gasteiger partial charge in [-0.15, -0.1) is 0 Å². The van der Waals surface area contributed by atoms with Gasteiger partial charge in [-0.1, -0.05) is 48.0 Å². The molecule has 130 valence electrons. The smallest absolute Gasteiger partial charge is 0.347 e. The lowest BCUT2D eigenvalue weighted by atomic mass is 10.0. The minimum atomic E-state index is -0.836. The first-order valence-corrected chi connectivity index (χ1v) is 8.46. The highest BCUT2D eigenvalue weighted by molar-refractivity contribution is 6.05. The number of hydrogen-bond acceptors (Lipinski definition) is 5. The molecule has 3 aromatic rings. The van der Waals surface area contributed by atoms with Crippen molar-refractivity contribution in [1.29, 1.82) is 0 Å². The second kappa shape index (κ2) is 6.59. The van der Waals surface area contributed by atoms with Gasteiger partial charge >= 0.3 is 11.9 Å². The van der Waals surface area contributed by atoms with Crippen LogP contribution in [0, 0.1) is 6.92 Å². The molecule has 26 heavy (non-hydrogen) atoms. The summed E-state index contributed by atoms with van der Waals surface area (Å²) in [6, 6.07) is 17.0. The standard InChI is InChI=1S/C21H17NO4/c1-13-6-8-14(9-7-13)18-12-16(15-4-2-3-5-17(15)22-18)20(23)26-19-10-11-25-21(19)24/h2-9,12,19H,10-11H2,1H3/t19-/m1/s1. The van der Waals surface area contributed by atoms with Crippen LogP contribution in [-0.4, -0.2) is 29.6 Å². The van der Waals surface area contributed by atoms with Crippen LogP contribution in [0.25, 0.3) is 22.2 Å². The highest BCUT2D eigenvalue weighted by Gasteiger charge is 2.31. The van der Waals surface area contributed by atoms with E-state index >= 15 is 0 Å². The van der Waals surface area contributed by atoms with Gasteiger partial charge in [-0.2, -0.15) is 0 Å². The van der Waals surface area contributed by atoms with Gasteiger partial charge < -0.3 is 9.47 Å². The van der Waals surface area contributed by atoms with Crippen molar-refractivity contribution in [3.63, 3.8) is 0 Å². The molecule has 1 aliphatic heterocycles. The summed E-state index contributed by atoms with van der Waals surface area (Å²) in [6.07, 6.45) is -0.449. The molecule has 1 aromatic heterocycles. The van der Waals surface area contributed by atoms with Crippen LogP contribution in [0.2, 0.25) is 0 Å². The van der Waals surface area contributed by atoms with Crippen molar-refractivity contribution in [1.82, 2.24) is 4.98 Å². The third kappa shape index (κ3) is 3.04. The van der Waals surface area contributed by atoms with Gasteiger partial charge in [-0.25, -0.2) is 14.6 Å². The molecule has 0 aliphatic carbocycles. The number of carbonyl (C=O) groups excluding carboxylic acids is 2. The number of esters is 2. The average Bonchev–Trinajstić information content (AvgIpc) is 3.06. The van der Waals surface area contributed by atoms with Gasteiger partial charge in [0.1, 0.15) is 0 Å².